The molecular formula is C21H22F3N3O2. The number of pyridine rings is 1. The third kappa shape index (κ3) is 5.57. The molecule has 3 rings (SSSR count). The van der Waals surface area contributed by atoms with Gasteiger partial charge in [0.05, 0.1) is 6.61 Å². The zero-order valence-electron chi connectivity index (χ0n) is 16.0. The van der Waals surface area contributed by atoms with Gasteiger partial charge in [-0.3, -0.25) is 4.90 Å². The van der Waals surface area contributed by atoms with E-state index in [-0.39, 0.29) is 30.6 Å². The number of likely N-dealkylation sites (tertiary alicyclic amines) is 1. The monoisotopic (exact) mass is 405 g/mol. The minimum Gasteiger partial charge on any atom is -0.463 e. The number of anilines is 1. The van der Waals surface area contributed by atoms with E-state index < -0.39 is 23.4 Å². The second kappa shape index (κ2) is 9.56. The summed E-state index contributed by atoms with van der Waals surface area (Å²) in [6, 6.07) is 4.99. The number of hydrogen-bond acceptors (Lipinski definition) is 5. The third-order valence-electron chi connectivity index (χ3n) is 4.62. The van der Waals surface area contributed by atoms with Gasteiger partial charge in [-0.2, -0.15) is 0 Å². The van der Waals surface area contributed by atoms with Gasteiger partial charge >= 0.3 is 5.97 Å². The Balaban J connectivity index is 1.58. The van der Waals surface area contributed by atoms with Crippen LogP contribution < -0.4 is 5.32 Å². The zero-order valence-corrected chi connectivity index (χ0v) is 16.0. The van der Waals surface area contributed by atoms with Crippen molar-refractivity contribution < 1.29 is 22.7 Å². The molecule has 2 aromatic rings. The Morgan fingerprint density at radius 1 is 1.31 bits per heavy atom. The zero-order chi connectivity index (χ0) is 20.8. The van der Waals surface area contributed by atoms with Crippen LogP contribution >= 0.6 is 0 Å². The molecule has 1 saturated heterocycles. The number of nitrogens with one attached hydrogen (secondary N) is 1. The lowest BCUT2D eigenvalue weighted by molar-refractivity contribution is -0.137. The number of esters is 1. The van der Waals surface area contributed by atoms with Gasteiger partial charge in [0.25, 0.3) is 0 Å². The van der Waals surface area contributed by atoms with Crippen molar-refractivity contribution in [3.8, 4) is 0 Å². The van der Waals surface area contributed by atoms with E-state index in [2.05, 4.69) is 10.3 Å². The van der Waals surface area contributed by atoms with Crippen LogP contribution in [-0.4, -0.2) is 41.6 Å². The van der Waals surface area contributed by atoms with Crippen LogP contribution in [-0.2, 0) is 16.1 Å². The summed E-state index contributed by atoms with van der Waals surface area (Å²) in [5.74, 6) is -2.09. The van der Waals surface area contributed by atoms with E-state index in [0.717, 1.165) is 0 Å². The highest BCUT2D eigenvalue weighted by Gasteiger charge is 2.25. The fourth-order valence-electron chi connectivity index (χ4n) is 3.20. The number of carbonyl (C=O) groups excluding carboxylic acids is 1. The van der Waals surface area contributed by atoms with Crippen LogP contribution in [0.2, 0.25) is 0 Å². The molecule has 1 aromatic carbocycles. The number of hydrogen-bond donors (Lipinski definition) is 1. The van der Waals surface area contributed by atoms with Crippen LogP contribution in [0.5, 0.6) is 0 Å². The smallest absolute Gasteiger partial charge is 0.330 e. The van der Waals surface area contributed by atoms with E-state index in [4.69, 9.17) is 4.74 Å². The highest BCUT2D eigenvalue weighted by Crippen LogP contribution is 2.21. The molecule has 0 saturated carbocycles. The summed E-state index contributed by atoms with van der Waals surface area (Å²) in [5, 5.41) is 3.04. The Kier molecular flexibility index (Phi) is 6.87. The Bertz CT molecular complexity index is 884. The Morgan fingerprint density at radius 3 is 2.76 bits per heavy atom. The van der Waals surface area contributed by atoms with Crippen molar-refractivity contribution in [2.45, 2.75) is 25.9 Å². The van der Waals surface area contributed by atoms with Gasteiger partial charge in [0.15, 0.2) is 11.6 Å². The molecule has 154 valence electrons. The average molecular weight is 405 g/mol. The molecule has 8 heteroatoms. The molecule has 0 radical (unpaired) electrons. The summed E-state index contributed by atoms with van der Waals surface area (Å²) in [6.07, 6.45) is 4.78. The van der Waals surface area contributed by atoms with Crippen LogP contribution in [0.3, 0.4) is 0 Å². The second-order valence-corrected chi connectivity index (χ2v) is 6.75. The molecular weight excluding hydrogens is 383 g/mol. The van der Waals surface area contributed by atoms with Gasteiger partial charge in [-0.15, -0.1) is 0 Å². The molecule has 1 aliphatic rings. The Labute approximate surface area is 167 Å². The Morgan fingerprint density at radius 2 is 2.07 bits per heavy atom. The van der Waals surface area contributed by atoms with Crippen molar-refractivity contribution in [3.63, 3.8) is 0 Å². The van der Waals surface area contributed by atoms with Crippen LogP contribution in [0.25, 0.3) is 6.08 Å². The van der Waals surface area contributed by atoms with E-state index in [0.29, 0.717) is 25.1 Å². The topological polar surface area (TPSA) is 54.5 Å². The number of carbonyl (C=O) groups is 1. The quantitative estimate of drug-likeness (QED) is 0.562. The lowest BCUT2D eigenvalue weighted by atomic mass is 10.2. The van der Waals surface area contributed by atoms with Crippen molar-refractivity contribution in [1.29, 1.82) is 0 Å². The van der Waals surface area contributed by atoms with Crippen molar-refractivity contribution in [1.82, 2.24) is 9.88 Å². The summed E-state index contributed by atoms with van der Waals surface area (Å²) in [7, 11) is 0. The van der Waals surface area contributed by atoms with Gasteiger partial charge in [-0.25, -0.2) is 22.9 Å². The van der Waals surface area contributed by atoms with Gasteiger partial charge in [-0.05, 0) is 43.2 Å². The van der Waals surface area contributed by atoms with E-state index in [1.165, 1.54) is 42.6 Å². The molecule has 0 spiro atoms. The van der Waals surface area contributed by atoms with Gasteiger partial charge < -0.3 is 10.1 Å². The molecule has 2 heterocycles. The van der Waals surface area contributed by atoms with Crippen molar-refractivity contribution in [2.24, 2.45) is 0 Å². The number of ether oxygens (including phenoxy) is 1. The van der Waals surface area contributed by atoms with E-state index in [1.54, 1.807) is 6.92 Å². The van der Waals surface area contributed by atoms with Gasteiger partial charge in [0.2, 0.25) is 0 Å². The third-order valence-corrected chi connectivity index (χ3v) is 4.62. The molecule has 1 fully saturated rings. The summed E-state index contributed by atoms with van der Waals surface area (Å²) >= 11 is 0. The maximum Gasteiger partial charge on any atom is 0.330 e. The van der Waals surface area contributed by atoms with Crippen LogP contribution in [0.1, 0.15) is 24.5 Å². The largest absolute Gasteiger partial charge is 0.463 e. The molecule has 0 aliphatic carbocycles. The van der Waals surface area contributed by atoms with Crippen LogP contribution in [0, 0.1) is 17.5 Å². The molecule has 1 aliphatic heterocycles. The van der Waals surface area contributed by atoms with Gasteiger partial charge in [-0.1, -0.05) is 6.07 Å². The number of benzene rings is 1. The summed E-state index contributed by atoms with van der Waals surface area (Å²) in [4.78, 5) is 17.3. The lowest BCUT2D eigenvalue weighted by Crippen LogP contribution is -2.27. The van der Waals surface area contributed by atoms with E-state index in [9.17, 15) is 18.0 Å². The normalized spacial score (nSPS) is 17.0. The van der Waals surface area contributed by atoms with Crippen LogP contribution in [0.4, 0.5) is 19.0 Å². The van der Waals surface area contributed by atoms with Crippen molar-refractivity contribution in [3.05, 3.63) is 65.1 Å². The first-order valence-electron chi connectivity index (χ1n) is 9.38. The predicted octanol–water partition coefficient (Wildman–Crippen LogP) is 3.76. The number of aromatic nitrogens is 1. The first kappa shape index (κ1) is 20.9. The number of halogens is 3. The first-order chi connectivity index (χ1) is 14.0. The van der Waals surface area contributed by atoms with Crippen molar-refractivity contribution in [2.75, 3.05) is 25.0 Å². The molecule has 0 bridgehead atoms. The number of nitrogens with zero attached hydrogens (tertiary/aromatic N) is 2. The first-order valence-corrected chi connectivity index (χ1v) is 9.38. The highest BCUT2D eigenvalue weighted by molar-refractivity contribution is 5.87. The SMILES string of the molecule is CCOC(=O)C=Cc1cnc(N[C@@H]2CCN(Cc3c(F)cccc3F)C2)c(F)c1. The molecule has 1 N–H and O–H groups in total. The minimum atomic E-state index is -0.569. The Hall–Kier alpha value is -2.87. The fourth-order valence-corrected chi connectivity index (χ4v) is 3.20. The minimum absolute atomic E-state index is 0.0372. The molecule has 1 atom stereocenters. The summed E-state index contributed by atoms with van der Waals surface area (Å²) in [5.41, 5.74) is 0.472. The lowest BCUT2D eigenvalue weighted by Gasteiger charge is -2.18. The maximum atomic E-state index is 14.3. The van der Waals surface area contributed by atoms with Crippen molar-refractivity contribution >= 4 is 17.9 Å². The van der Waals surface area contributed by atoms with Crippen LogP contribution in [0.15, 0.2) is 36.5 Å². The van der Waals surface area contributed by atoms with E-state index in [1.807, 2.05) is 4.90 Å². The predicted molar refractivity (Wildman–Crippen MR) is 104 cm³/mol. The highest BCUT2D eigenvalue weighted by atomic mass is 19.1. The molecule has 1 aromatic heterocycles. The molecule has 5 nitrogen and oxygen atoms in total. The second-order valence-electron chi connectivity index (χ2n) is 6.75. The van der Waals surface area contributed by atoms with Gasteiger partial charge in [0.1, 0.15) is 11.6 Å². The molecule has 29 heavy (non-hydrogen) atoms. The average Bonchev–Trinajstić information content (AvgIpc) is 3.12. The standard InChI is InChI=1S/C21H22F3N3O2/c1-2-29-20(28)7-6-14-10-19(24)21(25-11-14)26-15-8-9-27(12-15)13-16-17(22)4-3-5-18(16)23/h3-7,10-11,15H,2,8-9,12-13H2,1H3,(H,25,26)/t15-/m1/s1. The molecule has 0 amide bonds. The fraction of sp³-hybridized carbons (Fsp3) is 0.333. The van der Waals surface area contributed by atoms with E-state index >= 15 is 0 Å². The summed E-state index contributed by atoms with van der Waals surface area (Å²) in [6.45, 7) is 3.27. The molecule has 0 unspecified atom stereocenters. The number of rotatable bonds is 7. The van der Waals surface area contributed by atoms with Gasteiger partial charge in [0, 0.05) is 43.5 Å². The summed E-state index contributed by atoms with van der Waals surface area (Å²) < 4.78 is 46.7. The maximum absolute atomic E-state index is 14.3.